The fraction of sp³-hybridized carbons (Fsp3) is 0.818. The lowest BCUT2D eigenvalue weighted by atomic mass is 10.1. The van der Waals surface area contributed by atoms with Gasteiger partial charge < -0.3 is 20.3 Å². The zero-order valence-corrected chi connectivity index (χ0v) is 9.91. The van der Waals surface area contributed by atoms with Crippen LogP contribution in [0.15, 0.2) is 0 Å². The van der Waals surface area contributed by atoms with Crippen LogP contribution >= 0.6 is 0 Å². The Bertz CT molecular complexity index is 290. The highest BCUT2D eigenvalue weighted by Gasteiger charge is 2.22. The average molecular weight is 241 g/mol. The summed E-state index contributed by atoms with van der Waals surface area (Å²) in [5.74, 6) is -0.176. The Morgan fingerprint density at radius 1 is 1.35 bits per heavy atom. The summed E-state index contributed by atoms with van der Waals surface area (Å²) >= 11 is 0. The van der Waals surface area contributed by atoms with E-state index < -0.39 is 0 Å². The molecule has 2 fully saturated rings. The summed E-state index contributed by atoms with van der Waals surface area (Å²) in [4.78, 5) is 24.5. The van der Waals surface area contributed by atoms with Crippen LogP contribution in [0.1, 0.15) is 12.8 Å². The maximum Gasteiger partial charge on any atom is 0.249 e. The Labute approximate surface area is 101 Å². The van der Waals surface area contributed by atoms with E-state index in [1.165, 1.54) is 0 Å². The molecule has 0 unspecified atom stereocenters. The molecule has 17 heavy (non-hydrogen) atoms. The highest BCUT2D eigenvalue weighted by molar-refractivity contribution is 5.86. The number of piperazine rings is 1. The number of carbonyl (C=O) groups is 2. The van der Waals surface area contributed by atoms with Crippen LogP contribution in [0.3, 0.4) is 0 Å². The van der Waals surface area contributed by atoms with Gasteiger partial charge >= 0.3 is 0 Å². The summed E-state index contributed by atoms with van der Waals surface area (Å²) in [5.41, 5.74) is 0. The first kappa shape index (κ1) is 12.3. The van der Waals surface area contributed by atoms with Gasteiger partial charge in [-0.25, -0.2) is 0 Å². The van der Waals surface area contributed by atoms with E-state index in [2.05, 4.69) is 10.6 Å². The van der Waals surface area contributed by atoms with Crippen LogP contribution in [0.2, 0.25) is 0 Å². The molecule has 0 aliphatic carbocycles. The Hall–Kier alpha value is -1.14. The molecule has 0 spiro atoms. The van der Waals surface area contributed by atoms with E-state index in [4.69, 9.17) is 4.74 Å². The summed E-state index contributed by atoms with van der Waals surface area (Å²) in [7, 11) is 0. The van der Waals surface area contributed by atoms with Crippen LogP contribution in [-0.4, -0.2) is 62.1 Å². The van der Waals surface area contributed by atoms with E-state index in [0.717, 1.165) is 25.9 Å². The van der Waals surface area contributed by atoms with Crippen molar-refractivity contribution in [1.29, 1.82) is 0 Å². The standard InChI is InChI=1S/C11H19N3O3/c15-10-7-14(6-5-13-10)11(16)8-17-9-1-3-12-4-2-9/h9,12H,1-8H2,(H,13,15). The van der Waals surface area contributed by atoms with Gasteiger partial charge in [-0.05, 0) is 25.9 Å². The summed E-state index contributed by atoms with van der Waals surface area (Å²) in [6.45, 7) is 3.28. The van der Waals surface area contributed by atoms with Gasteiger partial charge in [-0.3, -0.25) is 9.59 Å². The average Bonchev–Trinajstić information content (AvgIpc) is 2.37. The molecule has 2 N–H and O–H groups in total. The Morgan fingerprint density at radius 3 is 2.82 bits per heavy atom. The third kappa shape index (κ3) is 3.67. The number of nitrogens with one attached hydrogen (secondary N) is 2. The SMILES string of the molecule is O=C1CN(C(=O)COC2CCNCC2)CCN1. The van der Waals surface area contributed by atoms with Gasteiger partial charge in [0.1, 0.15) is 6.61 Å². The van der Waals surface area contributed by atoms with Gasteiger partial charge in [-0.15, -0.1) is 0 Å². The molecule has 2 saturated heterocycles. The molecule has 0 atom stereocenters. The molecule has 2 aliphatic rings. The van der Waals surface area contributed by atoms with Gasteiger partial charge in [-0.1, -0.05) is 0 Å². The summed E-state index contributed by atoms with van der Waals surface area (Å²) in [6.07, 6.45) is 2.08. The summed E-state index contributed by atoms with van der Waals surface area (Å²) in [6, 6.07) is 0. The fourth-order valence-electron chi connectivity index (χ4n) is 2.09. The summed E-state index contributed by atoms with van der Waals surface area (Å²) < 4.78 is 5.57. The molecule has 0 aromatic heterocycles. The molecule has 96 valence electrons. The molecular weight excluding hydrogens is 222 g/mol. The Kier molecular flexibility index (Phi) is 4.33. The quantitative estimate of drug-likeness (QED) is 0.645. The van der Waals surface area contributed by atoms with Crippen molar-refractivity contribution in [3.8, 4) is 0 Å². The van der Waals surface area contributed by atoms with Crippen molar-refractivity contribution >= 4 is 11.8 Å². The number of hydrogen-bond acceptors (Lipinski definition) is 4. The van der Waals surface area contributed by atoms with Crippen LogP contribution in [0.25, 0.3) is 0 Å². The molecule has 0 radical (unpaired) electrons. The van der Waals surface area contributed by atoms with Crippen molar-refractivity contribution in [3.05, 3.63) is 0 Å². The minimum absolute atomic E-state index is 0.0848. The molecule has 6 nitrogen and oxygen atoms in total. The third-order valence-electron chi connectivity index (χ3n) is 3.12. The van der Waals surface area contributed by atoms with Crippen LogP contribution in [0.4, 0.5) is 0 Å². The number of piperidine rings is 1. The number of hydrogen-bond donors (Lipinski definition) is 2. The maximum absolute atomic E-state index is 11.8. The zero-order valence-electron chi connectivity index (χ0n) is 9.91. The van der Waals surface area contributed by atoms with Gasteiger partial charge in [0.15, 0.2) is 0 Å². The Balaban J connectivity index is 1.70. The van der Waals surface area contributed by atoms with Crippen molar-refractivity contribution < 1.29 is 14.3 Å². The predicted molar refractivity (Wildman–Crippen MR) is 61.4 cm³/mol. The molecule has 0 saturated carbocycles. The monoisotopic (exact) mass is 241 g/mol. The third-order valence-corrected chi connectivity index (χ3v) is 3.12. The second-order valence-corrected chi connectivity index (χ2v) is 4.43. The number of ether oxygens (including phenoxy) is 1. The minimum atomic E-state index is -0.0912. The van der Waals surface area contributed by atoms with Crippen LogP contribution in [0, 0.1) is 0 Å². The van der Waals surface area contributed by atoms with Crippen LogP contribution in [0.5, 0.6) is 0 Å². The van der Waals surface area contributed by atoms with Gasteiger partial charge in [0.25, 0.3) is 0 Å². The number of rotatable bonds is 3. The molecule has 2 heterocycles. The number of amides is 2. The van der Waals surface area contributed by atoms with Crippen molar-refractivity contribution in [1.82, 2.24) is 15.5 Å². The molecule has 6 heteroatoms. The van der Waals surface area contributed by atoms with Crippen molar-refractivity contribution in [3.63, 3.8) is 0 Å². The van der Waals surface area contributed by atoms with Crippen LogP contribution in [-0.2, 0) is 14.3 Å². The lowest BCUT2D eigenvalue weighted by Gasteiger charge is -2.28. The topological polar surface area (TPSA) is 70.7 Å². The highest BCUT2D eigenvalue weighted by atomic mass is 16.5. The molecule has 0 aromatic rings. The van der Waals surface area contributed by atoms with Gasteiger partial charge in [-0.2, -0.15) is 0 Å². The zero-order chi connectivity index (χ0) is 12.1. The van der Waals surface area contributed by atoms with E-state index in [1.807, 2.05) is 0 Å². The van der Waals surface area contributed by atoms with E-state index >= 15 is 0 Å². The van der Waals surface area contributed by atoms with Crippen molar-refractivity contribution in [2.75, 3.05) is 39.3 Å². The molecule has 2 amide bonds. The first-order valence-electron chi connectivity index (χ1n) is 6.12. The molecule has 0 bridgehead atoms. The lowest BCUT2D eigenvalue weighted by molar-refractivity contribution is -0.143. The molecule has 0 aromatic carbocycles. The van der Waals surface area contributed by atoms with Crippen molar-refractivity contribution in [2.24, 2.45) is 0 Å². The summed E-state index contributed by atoms with van der Waals surface area (Å²) in [5, 5.41) is 5.93. The van der Waals surface area contributed by atoms with E-state index in [0.29, 0.717) is 13.1 Å². The molecule has 2 rings (SSSR count). The normalized spacial score (nSPS) is 22.4. The lowest BCUT2D eigenvalue weighted by Crippen LogP contribution is -2.51. The molecule has 2 aliphatic heterocycles. The van der Waals surface area contributed by atoms with Gasteiger partial charge in [0, 0.05) is 13.1 Å². The second-order valence-electron chi connectivity index (χ2n) is 4.43. The van der Waals surface area contributed by atoms with Gasteiger partial charge in [0.05, 0.1) is 12.6 Å². The van der Waals surface area contributed by atoms with Crippen molar-refractivity contribution in [2.45, 2.75) is 18.9 Å². The maximum atomic E-state index is 11.8. The second kappa shape index (κ2) is 5.97. The minimum Gasteiger partial charge on any atom is -0.368 e. The van der Waals surface area contributed by atoms with Crippen LogP contribution < -0.4 is 10.6 Å². The van der Waals surface area contributed by atoms with E-state index in [9.17, 15) is 9.59 Å². The smallest absolute Gasteiger partial charge is 0.249 e. The molecular formula is C11H19N3O3. The largest absolute Gasteiger partial charge is 0.368 e. The van der Waals surface area contributed by atoms with E-state index in [-0.39, 0.29) is 31.1 Å². The van der Waals surface area contributed by atoms with Gasteiger partial charge in [0.2, 0.25) is 11.8 Å². The number of nitrogens with zero attached hydrogens (tertiary/aromatic N) is 1. The fourth-order valence-corrected chi connectivity index (χ4v) is 2.09. The first-order valence-corrected chi connectivity index (χ1v) is 6.12. The number of carbonyl (C=O) groups excluding carboxylic acids is 2. The first-order chi connectivity index (χ1) is 8.25. The highest BCUT2D eigenvalue weighted by Crippen LogP contribution is 2.07. The van der Waals surface area contributed by atoms with E-state index in [1.54, 1.807) is 4.90 Å². The predicted octanol–water partition coefficient (Wildman–Crippen LogP) is -1.29. The Morgan fingerprint density at radius 2 is 2.12 bits per heavy atom.